The first kappa shape index (κ1) is 23.1. The number of aryl methyl sites for hydroxylation is 2. The molecule has 2 aromatic carbocycles. The molecule has 2 aromatic rings. The molecule has 1 fully saturated rings. The second kappa shape index (κ2) is 10.7. The number of carbonyl (C=O) groups excluding carboxylic acids is 2. The Hall–Kier alpha value is -3.02. The fraction of sp³-hybridized carbons (Fsp3) is 0.481. The summed E-state index contributed by atoms with van der Waals surface area (Å²) in [7, 11) is 0. The molecule has 0 aromatic heterocycles. The summed E-state index contributed by atoms with van der Waals surface area (Å²) in [5, 5.41) is 3.20. The minimum Gasteiger partial charge on any atom is -0.454 e. The molecule has 0 spiro atoms. The van der Waals surface area contributed by atoms with Gasteiger partial charge >= 0.3 is 0 Å². The summed E-state index contributed by atoms with van der Waals surface area (Å²) in [5.74, 6) is 1.42. The van der Waals surface area contributed by atoms with Gasteiger partial charge in [-0.05, 0) is 61.4 Å². The van der Waals surface area contributed by atoms with E-state index in [-0.39, 0.29) is 24.6 Å². The van der Waals surface area contributed by atoms with Crippen LogP contribution in [-0.4, -0.2) is 35.6 Å². The van der Waals surface area contributed by atoms with Gasteiger partial charge in [0.15, 0.2) is 11.5 Å². The lowest BCUT2D eigenvalue weighted by atomic mass is 10.0. The van der Waals surface area contributed by atoms with Gasteiger partial charge < -0.3 is 19.7 Å². The van der Waals surface area contributed by atoms with Crippen LogP contribution in [0.3, 0.4) is 0 Å². The average molecular weight is 451 g/mol. The summed E-state index contributed by atoms with van der Waals surface area (Å²) in [6.07, 6.45) is 5.86. The van der Waals surface area contributed by atoms with Gasteiger partial charge in [0, 0.05) is 19.0 Å². The maximum absolute atomic E-state index is 13.5. The van der Waals surface area contributed by atoms with Gasteiger partial charge in [-0.3, -0.25) is 9.59 Å². The van der Waals surface area contributed by atoms with Crippen molar-refractivity contribution in [3.63, 3.8) is 0 Å². The van der Waals surface area contributed by atoms with Crippen molar-refractivity contribution < 1.29 is 19.1 Å². The first-order valence-electron chi connectivity index (χ1n) is 12.1. The van der Waals surface area contributed by atoms with E-state index in [4.69, 9.17) is 9.47 Å². The second-order valence-corrected chi connectivity index (χ2v) is 9.05. The summed E-state index contributed by atoms with van der Waals surface area (Å²) in [6.45, 7) is 4.69. The van der Waals surface area contributed by atoms with Gasteiger partial charge in [-0.2, -0.15) is 0 Å². The second-order valence-electron chi connectivity index (χ2n) is 9.05. The number of rotatable bonds is 9. The Bertz CT molecular complexity index is 984. The summed E-state index contributed by atoms with van der Waals surface area (Å²) >= 11 is 0. The number of nitrogens with zero attached hydrogens (tertiary/aromatic N) is 1. The lowest BCUT2D eigenvalue weighted by molar-refractivity contribution is -0.141. The van der Waals surface area contributed by atoms with Crippen LogP contribution in [0.5, 0.6) is 11.5 Å². The van der Waals surface area contributed by atoms with E-state index in [0.717, 1.165) is 53.9 Å². The average Bonchev–Trinajstić information content (AvgIpc) is 3.50. The zero-order chi connectivity index (χ0) is 23.2. The van der Waals surface area contributed by atoms with Crippen LogP contribution < -0.4 is 14.8 Å². The summed E-state index contributed by atoms with van der Waals surface area (Å²) < 4.78 is 10.8. The molecule has 33 heavy (non-hydrogen) atoms. The number of amides is 2. The molecule has 4 rings (SSSR count). The Morgan fingerprint density at radius 3 is 2.61 bits per heavy atom. The molecule has 6 nitrogen and oxygen atoms in total. The van der Waals surface area contributed by atoms with Crippen LogP contribution in [0.2, 0.25) is 0 Å². The molecule has 0 radical (unpaired) electrons. The fourth-order valence-corrected chi connectivity index (χ4v) is 4.75. The van der Waals surface area contributed by atoms with E-state index in [2.05, 4.69) is 5.32 Å². The minimum absolute atomic E-state index is 0.00987. The van der Waals surface area contributed by atoms with Gasteiger partial charge in [0.2, 0.25) is 18.6 Å². The predicted octanol–water partition coefficient (Wildman–Crippen LogP) is 4.52. The summed E-state index contributed by atoms with van der Waals surface area (Å²) in [4.78, 5) is 28.5. The monoisotopic (exact) mass is 450 g/mol. The molecule has 1 heterocycles. The quantitative estimate of drug-likeness (QED) is 0.610. The van der Waals surface area contributed by atoms with E-state index in [1.54, 1.807) is 4.90 Å². The SMILES string of the molecule is CC[C@@H](C(=O)NC1CCCC1)N(Cc1ccccc1C)C(=O)CCc1ccc2c(c1)OCO2. The molecule has 2 amide bonds. The molecule has 6 heteroatoms. The first-order valence-corrected chi connectivity index (χ1v) is 12.1. The Labute approximate surface area is 196 Å². The van der Waals surface area contributed by atoms with Crippen LogP contribution in [0.25, 0.3) is 0 Å². The van der Waals surface area contributed by atoms with Gasteiger partial charge in [-0.15, -0.1) is 0 Å². The number of fused-ring (bicyclic) bond motifs is 1. The highest BCUT2D eigenvalue weighted by Gasteiger charge is 2.30. The summed E-state index contributed by atoms with van der Waals surface area (Å²) in [5.41, 5.74) is 3.21. The molecule has 2 aliphatic rings. The minimum atomic E-state index is -0.477. The number of hydrogen-bond acceptors (Lipinski definition) is 4. The van der Waals surface area contributed by atoms with Crippen molar-refractivity contribution in [2.45, 2.75) is 77.4 Å². The van der Waals surface area contributed by atoms with E-state index in [0.29, 0.717) is 25.8 Å². The Kier molecular flexibility index (Phi) is 7.53. The number of hydrogen-bond donors (Lipinski definition) is 1. The largest absolute Gasteiger partial charge is 0.454 e. The van der Waals surface area contributed by atoms with Crippen LogP contribution in [0.4, 0.5) is 0 Å². The molecule has 1 aliphatic carbocycles. The van der Waals surface area contributed by atoms with Crippen molar-refractivity contribution in [3.05, 3.63) is 59.2 Å². The molecule has 0 saturated heterocycles. The van der Waals surface area contributed by atoms with Crippen LogP contribution in [0.15, 0.2) is 42.5 Å². The molecule has 1 saturated carbocycles. The smallest absolute Gasteiger partial charge is 0.243 e. The van der Waals surface area contributed by atoms with Crippen LogP contribution in [0.1, 0.15) is 62.1 Å². The van der Waals surface area contributed by atoms with Crippen molar-refractivity contribution in [3.8, 4) is 11.5 Å². The van der Waals surface area contributed by atoms with Crippen molar-refractivity contribution in [2.24, 2.45) is 0 Å². The number of benzene rings is 2. The lowest BCUT2D eigenvalue weighted by Gasteiger charge is -2.32. The molecule has 0 bridgehead atoms. The molecule has 176 valence electrons. The van der Waals surface area contributed by atoms with Crippen molar-refractivity contribution in [2.75, 3.05) is 6.79 Å². The van der Waals surface area contributed by atoms with Gasteiger partial charge in [0.1, 0.15) is 6.04 Å². The van der Waals surface area contributed by atoms with E-state index < -0.39 is 6.04 Å². The molecule has 1 aliphatic heterocycles. The molecule has 1 N–H and O–H groups in total. The van der Waals surface area contributed by atoms with E-state index >= 15 is 0 Å². The first-order chi connectivity index (χ1) is 16.0. The third-order valence-corrected chi connectivity index (χ3v) is 6.75. The zero-order valence-corrected chi connectivity index (χ0v) is 19.6. The van der Waals surface area contributed by atoms with Gasteiger partial charge in [0.05, 0.1) is 0 Å². The fourth-order valence-electron chi connectivity index (χ4n) is 4.75. The highest BCUT2D eigenvalue weighted by Crippen LogP contribution is 2.33. The van der Waals surface area contributed by atoms with Crippen LogP contribution >= 0.6 is 0 Å². The maximum atomic E-state index is 13.5. The maximum Gasteiger partial charge on any atom is 0.243 e. The van der Waals surface area contributed by atoms with E-state index in [1.807, 2.05) is 56.3 Å². The van der Waals surface area contributed by atoms with Gasteiger partial charge in [-0.25, -0.2) is 0 Å². The molecular weight excluding hydrogens is 416 g/mol. The third-order valence-electron chi connectivity index (χ3n) is 6.75. The van der Waals surface area contributed by atoms with Crippen molar-refractivity contribution >= 4 is 11.8 Å². The highest BCUT2D eigenvalue weighted by molar-refractivity contribution is 5.88. The van der Waals surface area contributed by atoms with Crippen LogP contribution in [0, 0.1) is 6.92 Å². The molecule has 1 atom stereocenters. The Balaban J connectivity index is 1.49. The Morgan fingerprint density at radius 2 is 1.85 bits per heavy atom. The van der Waals surface area contributed by atoms with Crippen LogP contribution in [-0.2, 0) is 22.6 Å². The predicted molar refractivity (Wildman–Crippen MR) is 127 cm³/mol. The number of ether oxygens (including phenoxy) is 2. The van der Waals surface area contributed by atoms with E-state index in [1.165, 1.54) is 0 Å². The zero-order valence-electron chi connectivity index (χ0n) is 19.6. The van der Waals surface area contributed by atoms with Gasteiger partial charge in [-0.1, -0.05) is 50.1 Å². The Morgan fingerprint density at radius 1 is 1.09 bits per heavy atom. The molecular formula is C27H34N2O4. The lowest BCUT2D eigenvalue weighted by Crippen LogP contribution is -2.51. The highest BCUT2D eigenvalue weighted by atomic mass is 16.7. The standard InChI is InChI=1S/C27H34N2O4/c1-3-23(27(31)28-22-10-6-7-11-22)29(17-21-9-5-4-8-19(21)2)26(30)15-13-20-12-14-24-25(16-20)33-18-32-24/h4-5,8-9,12,14,16,22-23H,3,6-7,10-11,13,15,17-18H2,1-2H3,(H,28,31)/t23-/m0/s1. The normalized spacial score (nSPS) is 15.9. The van der Waals surface area contributed by atoms with Gasteiger partial charge in [0.25, 0.3) is 0 Å². The summed E-state index contributed by atoms with van der Waals surface area (Å²) in [6, 6.07) is 13.6. The molecule has 0 unspecified atom stereocenters. The third kappa shape index (κ3) is 5.67. The van der Waals surface area contributed by atoms with Crippen molar-refractivity contribution in [1.82, 2.24) is 10.2 Å². The topological polar surface area (TPSA) is 67.9 Å². The van der Waals surface area contributed by atoms with E-state index in [9.17, 15) is 9.59 Å². The van der Waals surface area contributed by atoms with Crippen molar-refractivity contribution in [1.29, 1.82) is 0 Å². The number of nitrogens with one attached hydrogen (secondary N) is 1. The number of carbonyl (C=O) groups is 2.